The number of fused-ring (bicyclic) bond motifs is 4. The molecule has 0 amide bonds. The van der Waals surface area contributed by atoms with Crippen molar-refractivity contribution in [3.8, 4) is 0 Å². The molecule has 96 valence electrons. The quantitative estimate of drug-likeness (QED) is 0.467. The third-order valence-electron chi connectivity index (χ3n) is 6.83. The molecule has 0 unspecified atom stereocenters. The molecule has 2 radical (unpaired) electrons. The summed E-state index contributed by atoms with van der Waals surface area (Å²) in [6.45, 7) is 0. The Bertz CT molecular complexity index is 277. The van der Waals surface area contributed by atoms with Crippen molar-refractivity contribution in [2.75, 3.05) is 0 Å². The van der Waals surface area contributed by atoms with Gasteiger partial charge in [0.05, 0.1) is 0 Å². The predicted octanol–water partition coefficient (Wildman–Crippen LogP) is 5.02. The molecular weight excluding hydrogens is 214 g/mol. The Balaban J connectivity index is 1.23. The Morgan fingerprint density at radius 2 is 1.06 bits per heavy atom. The first-order valence-corrected chi connectivity index (χ1v) is 8.50. The van der Waals surface area contributed by atoms with Crippen molar-refractivity contribution in [1.82, 2.24) is 0 Å². The van der Waals surface area contributed by atoms with E-state index in [1.807, 2.05) is 0 Å². The second kappa shape index (κ2) is 4.32. The van der Waals surface area contributed by atoms with E-state index in [2.05, 4.69) is 14.6 Å². The maximum Gasteiger partial charge on any atom is 0.122 e. The van der Waals surface area contributed by atoms with E-state index in [0.29, 0.717) is 0 Å². The van der Waals surface area contributed by atoms with Crippen LogP contribution in [0.2, 0.25) is 22.3 Å². The molecule has 4 aliphatic rings. The fraction of sp³-hybridized carbons (Fsp3) is 1.00. The van der Waals surface area contributed by atoms with Gasteiger partial charge in [0.1, 0.15) is 14.6 Å². The normalized spacial score (nSPS) is 48.4. The minimum Gasteiger partial charge on any atom is -0.0682 e. The van der Waals surface area contributed by atoms with Gasteiger partial charge in [0.15, 0.2) is 0 Å². The van der Waals surface area contributed by atoms with Gasteiger partial charge in [-0.15, -0.1) is 0 Å². The Morgan fingerprint density at radius 3 is 1.33 bits per heavy atom. The summed E-state index contributed by atoms with van der Waals surface area (Å²) in [4.78, 5) is 0. The highest BCUT2D eigenvalue weighted by Gasteiger charge is 2.46. The number of hydrogen-bond donors (Lipinski definition) is 0. The highest BCUT2D eigenvalue weighted by Crippen LogP contribution is 2.61. The lowest BCUT2D eigenvalue weighted by molar-refractivity contribution is 0.367. The number of rotatable bonds is 5. The second-order valence-electron chi connectivity index (χ2n) is 7.94. The summed E-state index contributed by atoms with van der Waals surface area (Å²) < 4.78 is 0. The first-order chi connectivity index (χ1) is 8.78. The van der Waals surface area contributed by atoms with Crippen LogP contribution < -0.4 is 0 Å². The van der Waals surface area contributed by atoms with E-state index >= 15 is 0 Å². The fourth-order valence-electron chi connectivity index (χ4n) is 5.72. The molecule has 4 heterocycles. The molecule has 0 aromatic carbocycles. The van der Waals surface area contributed by atoms with Crippen LogP contribution in [0.25, 0.3) is 0 Å². The molecule has 0 spiro atoms. The van der Waals surface area contributed by atoms with E-state index < -0.39 is 0 Å². The van der Waals surface area contributed by atoms with Gasteiger partial charge in [-0.1, -0.05) is 99.3 Å². The Kier molecular flexibility index (Phi) is 2.86. The molecule has 0 aromatic rings. The van der Waals surface area contributed by atoms with Gasteiger partial charge in [-0.3, -0.25) is 0 Å². The predicted molar refractivity (Wildman–Crippen MR) is 79.8 cm³/mol. The van der Waals surface area contributed by atoms with Crippen molar-refractivity contribution < 1.29 is 0 Å². The molecule has 4 fully saturated rings. The smallest absolute Gasteiger partial charge is 0.0682 e. The van der Waals surface area contributed by atoms with Gasteiger partial charge in [-0.2, -0.15) is 0 Å². The second-order valence-corrected chi connectivity index (χ2v) is 7.94. The highest BCUT2D eigenvalue weighted by atomic mass is 14.4. The van der Waals surface area contributed by atoms with Gasteiger partial charge in [-0.25, -0.2) is 0 Å². The van der Waals surface area contributed by atoms with Gasteiger partial charge < -0.3 is 0 Å². The maximum atomic E-state index is 2.75. The van der Waals surface area contributed by atoms with Gasteiger partial charge in [-0.05, 0) is 0 Å². The van der Waals surface area contributed by atoms with Crippen molar-refractivity contribution in [3.63, 3.8) is 0 Å². The van der Waals surface area contributed by atoms with Gasteiger partial charge in [0.25, 0.3) is 0 Å². The molecule has 4 rings (SSSR count). The van der Waals surface area contributed by atoms with Crippen molar-refractivity contribution in [1.29, 1.82) is 0 Å². The fourth-order valence-corrected chi connectivity index (χ4v) is 5.72. The minimum atomic E-state index is 0.722. The van der Waals surface area contributed by atoms with Gasteiger partial charge >= 0.3 is 0 Å². The maximum absolute atomic E-state index is 2.75. The SMILES string of the molecule is [B]1C2CCC1(CCCCC13[B]C(CC1)CC3)CC2. The van der Waals surface area contributed by atoms with Crippen LogP contribution >= 0.6 is 0 Å². The number of unbranched alkanes of at least 4 members (excludes halogenated alkanes) is 1. The van der Waals surface area contributed by atoms with E-state index in [-0.39, 0.29) is 0 Å². The number of hydrogen-bond acceptors (Lipinski definition) is 0. The molecule has 2 heteroatoms. The Labute approximate surface area is 114 Å². The summed E-state index contributed by atoms with van der Waals surface area (Å²) in [6.07, 6.45) is 18.2. The van der Waals surface area contributed by atoms with E-state index in [4.69, 9.17) is 0 Å². The van der Waals surface area contributed by atoms with Crippen molar-refractivity contribution in [3.05, 3.63) is 0 Å². The highest BCUT2D eigenvalue weighted by molar-refractivity contribution is 6.44. The third-order valence-corrected chi connectivity index (χ3v) is 6.83. The molecule has 0 saturated carbocycles. The average molecular weight is 240 g/mol. The Hall–Kier alpha value is 0.130. The summed E-state index contributed by atoms with van der Waals surface area (Å²) in [5.74, 6) is 2.03. The van der Waals surface area contributed by atoms with Crippen LogP contribution in [0.3, 0.4) is 0 Å². The largest absolute Gasteiger partial charge is 0.122 e. The molecular formula is C16H26B2. The topological polar surface area (TPSA) is 0 Å². The minimum absolute atomic E-state index is 0.722. The lowest BCUT2D eigenvalue weighted by Crippen LogP contribution is -2.13. The molecule has 18 heavy (non-hydrogen) atoms. The van der Waals surface area contributed by atoms with Crippen LogP contribution in [0.4, 0.5) is 0 Å². The monoisotopic (exact) mass is 240 g/mol. The van der Waals surface area contributed by atoms with Gasteiger partial charge in [0, 0.05) is 0 Å². The van der Waals surface area contributed by atoms with E-state index in [0.717, 1.165) is 22.3 Å². The van der Waals surface area contributed by atoms with E-state index in [1.54, 1.807) is 0 Å². The van der Waals surface area contributed by atoms with Crippen LogP contribution in [0.1, 0.15) is 77.0 Å². The van der Waals surface area contributed by atoms with Crippen LogP contribution in [0.5, 0.6) is 0 Å². The summed E-state index contributed by atoms with van der Waals surface area (Å²) in [5, 5.41) is 1.44. The summed E-state index contributed by atoms with van der Waals surface area (Å²) in [7, 11) is 5.50. The van der Waals surface area contributed by atoms with Crippen molar-refractivity contribution in [2.24, 2.45) is 0 Å². The first-order valence-electron chi connectivity index (χ1n) is 8.50. The molecule has 0 nitrogen and oxygen atoms in total. The lowest BCUT2D eigenvalue weighted by atomic mass is 9.52. The zero-order chi connectivity index (χ0) is 12.1. The van der Waals surface area contributed by atoms with Crippen molar-refractivity contribution >= 4 is 14.6 Å². The molecule has 4 bridgehead atoms. The Morgan fingerprint density at radius 1 is 0.667 bits per heavy atom. The molecule has 0 aromatic heterocycles. The standard InChI is InChI=1S/C16H26B2/c1(7-15-9-3-13(17-15)4-10-15)2-8-16-11-5-14(18-16)6-12-16/h13-14H,1-12H2. The zero-order valence-electron chi connectivity index (χ0n) is 11.8. The van der Waals surface area contributed by atoms with Gasteiger partial charge in [0.2, 0.25) is 0 Å². The average Bonchev–Trinajstić information content (AvgIpc) is 3.15. The third kappa shape index (κ3) is 1.98. The molecule has 0 atom stereocenters. The summed E-state index contributed by atoms with van der Waals surface area (Å²) in [6, 6.07) is 0. The summed E-state index contributed by atoms with van der Waals surface area (Å²) in [5.41, 5.74) is 0. The van der Waals surface area contributed by atoms with Crippen LogP contribution in [-0.2, 0) is 0 Å². The summed E-state index contributed by atoms with van der Waals surface area (Å²) >= 11 is 0. The zero-order valence-corrected chi connectivity index (χ0v) is 11.8. The van der Waals surface area contributed by atoms with E-state index in [9.17, 15) is 0 Å². The van der Waals surface area contributed by atoms with Crippen molar-refractivity contribution in [2.45, 2.75) is 99.3 Å². The lowest BCUT2D eigenvalue weighted by Gasteiger charge is -2.29. The molecule has 0 aliphatic carbocycles. The molecule has 4 saturated heterocycles. The van der Waals surface area contributed by atoms with Crippen LogP contribution in [0, 0.1) is 0 Å². The van der Waals surface area contributed by atoms with Crippen LogP contribution in [0.15, 0.2) is 0 Å². The van der Waals surface area contributed by atoms with E-state index in [1.165, 1.54) is 77.0 Å². The molecule has 0 N–H and O–H groups in total. The molecule has 4 aliphatic heterocycles. The van der Waals surface area contributed by atoms with Crippen LogP contribution in [-0.4, -0.2) is 14.6 Å². The first kappa shape index (κ1) is 11.9.